The zero-order valence-corrected chi connectivity index (χ0v) is 15.1. The molecule has 0 aliphatic carbocycles. The highest BCUT2D eigenvalue weighted by Gasteiger charge is 2.16. The van der Waals surface area contributed by atoms with Crippen molar-refractivity contribution in [2.45, 2.75) is 4.90 Å². The molecule has 1 amide bonds. The Bertz CT molecular complexity index is 946. The highest BCUT2D eigenvalue weighted by Crippen LogP contribution is 2.23. The number of benzene rings is 2. The average molecular weight is 399 g/mol. The van der Waals surface area contributed by atoms with E-state index < -0.39 is 28.5 Å². The van der Waals surface area contributed by atoms with Gasteiger partial charge in [-0.1, -0.05) is 17.7 Å². The molecule has 2 aromatic rings. The van der Waals surface area contributed by atoms with E-state index in [-0.39, 0.29) is 21.9 Å². The van der Waals surface area contributed by atoms with Crippen LogP contribution in [-0.2, 0) is 19.6 Å². The first-order chi connectivity index (χ1) is 12.2. The van der Waals surface area contributed by atoms with Crippen molar-refractivity contribution in [3.05, 3.63) is 53.1 Å². The number of primary sulfonamides is 1. The minimum Gasteiger partial charge on any atom is -0.496 e. The minimum atomic E-state index is -3.90. The molecule has 2 aromatic carbocycles. The third kappa shape index (κ3) is 5.19. The van der Waals surface area contributed by atoms with E-state index in [9.17, 15) is 18.0 Å². The van der Waals surface area contributed by atoms with Crippen LogP contribution in [0, 0.1) is 0 Å². The topological polar surface area (TPSA) is 125 Å². The molecule has 10 heteroatoms. The van der Waals surface area contributed by atoms with Gasteiger partial charge in [0.1, 0.15) is 11.3 Å². The Kier molecular flexibility index (Phi) is 6.19. The van der Waals surface area contributed by atoms with Crippen LogP contribution < -0.4 is 15.2 Å². The zero-order chi connectivity index (χ0) is 19.3. The molecule has 0 unspecified atom stereocenters. The number of rotatable bonds is 6. The van der Waals surface area contributed by atoms with E-state index in [0.29, 0.717) is 5.02 Å². The van der Waals surface area contributed by atoms with Gasteiger partial charge in [0.25, 0.3) is 5.91 Å². The maximum Gasteiger partial charge on any atom is 0.342 e. The van der Waals surface area contributed by atoms with Crippen molar-refractivity contribution >= 4 is 39.2 Å². The number of hydrogen-bond donors (Lipinski definition) is 2. The van der Waals surface area contributed by atoms with Gasteiger partial charge in [0.15, 0.2) is 6.61 Å². The van der Waals surface area contributed by atoms with Crippen LogP contribution in [0.25, 0.3) is 0 Å². The number of ether oxygens (including phenoxy) is 2. The molecule has 0 heterocycles. The number of anilines is 1. The van der Waals surface area contributed by atoms with Crippen LogP contribution in [0.2, 0.25) is 5.02 Å². The van der Waals surface area contributed by atoms with Crippen molar-refractivity contribution in [1.82, 2.24) is 0 Å². The van der Waals surface area contributed by atoms with Crippen molar-refractivity contribution in [2.24, 2.45) is 5.14 Å². The highest BCUT2D eigenvalue weighted by molar-refractivity contribution is 7.89. The Hall–Kier alpha value is -2.62. The molecule has 0 saturated heterocycles. The highest BCUT2D eigenvalue weighted by atomic mass is 35.5. The fourth-order valence-electron chi connectivity index (χ4n) is 2.00. The number of esters is 1. The number of hydrogen-bond acceptors (Lipinski definition) is 6. The second-order valence-electron chi connectivity index (χ2n) is 5.04. The monoisotopic (exact) mass is 398 g/mol. The normalized spacial score (nSPS) is 10.9. The lowest BCUT2D eigenvalue weighted by atomic mass is 10.2. The number of nitrogens with one attached hydrogen (secondary N) is 1. The molecule has 0 fully saturated rings. The maximum absolute atomic E-state index is 12.1. The average Bonchev–Trinajstić information content (AvgIpc) is 2.59. The number of nitrogens with two attached hydrogens (primary N) is 1. The van der Waals surface area contributed by atoms with Crippen LogP contribution in [0.1, 0.15) is 10.4 Å². The van der Waals surface area contributed by atoms with Crippen molar-refractivity contribution < 1.29 is 27.5 Å². The summed E-state index contributed by atoms with van der Waals surface area (Å²) < 4.78 is 32.6. The summed E-state index contributed by atoms with van der Waals surface area (Å²) in [6, 6.07) is 9.76. The second-order valence-corrected chi connectivity index (χ2v) is 7.04. The number of carbonyl (C=O) groups is 2. The van der Waals surface area contributed by atoms with Crippen LogP contribution in [0.5, 0.6) is 5.75 Å². The van der Waals surface area contributed by atoms with E-state index >= 15 is 0 Å². The Balaban J connectivity index is 2.01. The first-order valence-electron chi connectivity index (χ1n) is 7.14. The molecule has 0 atom stereocenters. The number of amides is 1. The van der Waals surface area contributed by atoms with Crippen LogP contribution in [0.15, 0.2) is 47.4 Å². The van der Waals surface area contributed by atoms with Gasteiger partial charge in [-0.3, -0.25) is 4.79 Å². The lowest BCUT2D eigenvalue weighted by Gasteiger charge is -2.10. The Morgan fingerprint density at radius 1 is 1.19 bits per heavy atom. The van der Waals surface area contributed by atoms with Crippen LogP contribution in [-0.4, -0.2) is 34.0 Å². The fraction of sp³-hybridized carbons (Fsp3) is 0.125. The summed E-state index contributed by atoms with van der Waals surface area (Å²) >= 11 is 5.84. The summed E-state index contributed by atoms with van der Waals surface area (Å²) in [6.07, 6.45) is 0. The molecule has 138 valence electrons. The molecular formula is C16H15ClN2O6S. The van der Waals surface area contributed by atoms with Gasteiger partial charge in [-0.25, -0.2) is 18.4 Å². The van der Waals surface area contributed by atoms with Gasteiger partial charge >= 0.3 is 5.97 Å². The van der Waals surface area contributed by atoms with E-state index in [0.717, 1.165) is 0 Å². The van der Waals surface area contributed by atoms with Gasteiger partial charge in [0, 0.05) is 10.7 Å². The molecule has 0 aromatic heterocycles. The van der Waals surface area contributed by atoms with Gasteiger partial charge in [-0.2, -0.15) is 0 Å². The van der Waals surface area contributed by atoms with Gasteiger partial charge in [0.05, 0.1) is 12.0 Å². The number of methoxy groups -OCH3 is 1. The number of halogens is 1. The van der Waals surface area contributed by atoms with Crippen LogP contribution >= 0.6 is 11.6 Å². The Morgan fingerprint density at radius 3 is 2.58 bits per heavy atom. The van der Waals surface area contributed by atoms with Gasteiger partial charge in [-0.15, -0.1) is 0 Å². The van der Waals surface area contributed by atoms with E-state index in [4.69, 9.17) is 26.2 Å². The maximum atomic E-state index is 12.1. The molecule has 0 spiro atoms. The van der Waals surface area contributed by atoms with E-state index in [1.54, 1.807) is 6.07 Å². The van der Waals surface area contributed by atoms with Crippen molar-refractivity contribution in [3.8, 4) is 5.75 Å². The molecule has 3 N–H and O–H groups in total. The van der Waals surface area contributed by atoms with Crippen molar-refractivity contribution in [1.29, 1.82) is 0 Å². The Morgan fingerprint density at radius 2 is 1.92 bits per heavy atom. The number of carbonyl (C=O) groups excluding carboxylic acids is 2. The lowest BCUT2D eigenvalue weighted by molar-refractivity contribution is -0.119. The van der Waals surface area contributed by atoms with E-state index in [2.05, 4.69) is 5.32 Å². The predicted molar refractivity (Wildman–Crippen MR) is 94.7 cm³/mol. The summed E-state index contributed by atoms with van der Waals surface area (Å²) in [5.41, 5.74) is 0.266. The zero-order valence-electron chi connectivity index (χ0n) is 13.6. The minimum absolute atomic E-state index is 0.0732. The molecule has 8 nitrogen and oxygen atoms in total. The van der Waals surface area contributed by atoms with Crippen molar-refractivity contribution in [3.63, 3.8) is 0 Å². The number of sulfonamides is 1. The molecule has 0 aliphatic rings. The summed E-state index contributed by atoms with van der Waals surface area (Å²) in [4.78, 5) is 23.8. The van der Waals surface area contributed by atoms with Gasteiger partial charge in [-0.05, 0) is 36.4 Å². The van der Waals surface area contributed by atoms with E-state index in [1.807, 2.05) is 0 Å². The molecule has 2 rings (SSSR count). The SMILES string of the molecule is COc1ccc(Cl)cc1C(=O)OCC(=O)Nc1cccc(S(N)(=O)=O)c1. The first kappa shape index (κ1) is 19.7. The van der Waals surface area contributed by atoms with Crippen LogP contribution in [0.4, 0.5) is 5.69 Å². The summed E-state index contributed by atoms with van der Waals surface area (Å²) in [7, 11) is -2.52. The molecule has 0 saturated carbocycles. The third-order valence-corrected chi connectivity index (χ3v) is 4.31. The predicted octanol–water partition coefficient (Wildman–Crippen LogP) is 1.79. The first-order valence-corrected chi connectivity index (χ1v) is 9.06. The van der Waals surface area contributed by atoms with Gasteiger partial charge in [0.2, 0.25) is 10.0 Å². The van der Waals surface area contributed by atoms with E-state index in [1.165, 1.54) is 43.5 Å². The summed E-state index contributed by atoms with van der Waals surface area (Å²) in [5.74, 6) is -1.20. The Labute approximate surface area is 154 Å². The fourth-order valence-corrected chi connectivity index (χ4v) is 2.73. The smallest absolute Gasteiger partial charge is 0.342 e. The molecule has 0 bridgehead atoms. The third-order valence-electron chi connectivity index (χ3n) is 3.16. The van der Waals surface area contributed by atoms with Gasteiger partial charge < -0.3 is 14.8 Å². The summed E-state index contributed by atoms with van der Waals surface area (Å²) in [6.45, 7) is -0.589. The molecule has 0 radical (unpaired) electrons. The largest absolute Gasteiger partial charge is 0.496 e. The molecule has 26 heavy (non-hydrogen) atoms. The lowest BCUT2D eigenvalue weighted by Crippen LogP contribution is -2.21. The van der Waals surface area contributed by atoms with Crippen molar-refractivity contribution in [2.75, 3.05) is 19.0 Å². The quantitative estimate of drug-likeness (QED) is 0.714. The summed E-state index contributed by atoms with van der Waals surface area (Å²) in [5, 5.41) is 7.74. The molecule has 0 aliphatic heterocycles. The van der Waals surface area contributed by atoms with Crippen LogP contribution in [0.3, 0.4) is 0 Å². The molecular weight excluding hydrogens is 384 g/mol. The second kappa shape index (κ2) is 8.17. The standard InChI is InChI=1S/C16H15ClN2O6S/c1-24-14-6-5-10(17)7-13(14)16(21)25-9-15(20)19-11-3-2-4-12(8-11)26(18,22)23/h2-8H,9H2,1H3,(H,19,20)(H2,18,22,23).